The topological polar surface area (TPSA) is 93.7 Å². The van der Waals surface area contributed by atoms with Crippen LogP contribution in [0.4, 0.5) is 11.4 Å². The van der Waals surface area contributed by atoms with Crippen molar-refractivity contribution >= 4 is 29.2 Å². The minimum absolute atomic E-state index is 0.279. The van der Waals surface area contributed by atoms with Crippen LogP contribution in [-0.2, 0) is 14.3 Å². The number of hydrogen-bond acceptors (Lipinski definition) is 5. The molecule has 2 rings (SSSR count). The molecule has 7 nitrogen and oxygen atoms in total. The van der Waals surface area contributed by atoms with E-state index in [0.29, 0.717) is 23.5 Å². The number of rotatable bonds is 9. The Labute approximate surface area is 175 Å². The van der Waals surface area contributed by atoms with E-state index in [1.54, 1.807) is 60.7 Å². The molecule has 0 heterocycles. The van der Waals surface area contributed by atoms with Crippen LogP contribution in [0, 0.1) is 0 Å². The van der Waals surface area contributed by atoms with Crippen molar-refractivity contribution in [2.45, 2.75) is 13.8 Å². The summed E-state index contributed by atoms with van der Waals surface area (Å²) in [6.45, 7) is 3.89. The second kappa shape index (κ2) is 11.9. The van der Waals surface area contributed by atoms with E-state index < -0.39 is 18.5 Å². The predicted octanol–water partition coefficient (Wildman–Crippen LogP) is 3.95. The van der Waals surface area contributed by atoms with Crippen molar-refractivity contribution in [1.29, 1.82) is 0 Å². The van der Waals surface area contributed by atoms with Gasteiger partial charge in [-0.25, -0.2) is 4.79 Å². The summed E-state index contributed by atoms with van der Waals surface area (Å²) in [6.07, 6.45) is 6.19. The molecule has 0 fully saturated rings. The summed E-state index contributed by atoms with van der Waals surface area (Å²) in [4.78, 5) is 35.6. The SMILES string of the molecule is CC=CC=CC(=O)OCC(=O)Nc1ccc(C(=O)Nc2ccc(OCC)cc2)cc1. The van der Waals surface area contributed by atoms with Gasteiger partial charge in [0.2, 0.25) is 0 Å². The van der Waals surface area contributed by atoms with Gasteiger partial charge in [0.1, 0.15) is 5.75 Å². The first-order valence-corrected chi connectivity index (χ1v) is 9.42. The second-order valence-electron chi connectivity index (χ2n) is 6.03. The summed E-state index contributed by atoms with van der Waals surface area (Å²) >= 11 is 0. The van der Waals surface area contributed by atoms with Crippen molar-refractivity contribution < 1.29 is 23.9 Å². The van der Waals surface area contributed by atoms with E-state index in [2.05, 4.69) is 10.6 Å². The quantitative estimate of drug-likeness (QED) is 0.372. The molecule has 30 heavy (non-hydrogen) atoms. The minimum atomic E-state index is -0.607. The number of carbonyl (C=O) groups is 3. The summed E-state index contributed by atoms with van der Waals surface area (Å²) < 4.78 is 10.2. The Morgan fingerprint density at radius 3 is 2.17 bits per heavy atom. The van der Waals surface area contributed by atoms with Crippen LogP contribution in [0.15, 0.2) is 72.8 Å². The Hall–Kier alpha value is -3.87. The molecule has 0 aliphatic rings. The fraction of sp³-hybridized carbons (Fsp3) is 0.174. The average Bonchev–Trinajstić information content (AvgIpc) is 2.74. The molecule has 0 spiro atoms. The Morgan fingerprint density at radius 2 is 1.53 bits per heavy atom. The fourth-order valence-electron chi connectivity index (χ4n) is 2.34. The lowest BCUT2D eigenvalue weighted by molar-refractivity contribution is -0.142. The van der Waals surface area contributed by atoms with Crippen molar-refractivity contribution in [1.82, 2.24) is 0 Å². The van der Waals surface area contributed by atoms with E-state index in [9.17, 15) is 14.4 Å². The van der Waals surface area contributed by atoms with Crippen LogP contribution in [0.1, 0.15) is 24.2 Å². The molecule has 0 unspecified atom stereocenters. The van der Waals surface area contributed by atoms with Gasteiger partial charge in [-0.1, -0.05) is 18.2 Å². The molecular formula is C23H24N2O5. The number of benzene rings is 2. The summed E-state index contributed by atoms with van der Waals surface area (Å²) in [5.41, 5.74) is 1.56. The van der Waals surface area contributed by atoms with Crippen LogP contribution in [0.2, 0.25) is 0 Å². The van der Waals surface area contributed by atoms with Crippen molar-refractivity contribution in [2.24, 2.45) is 0 Å². The van der Waals surface area contributed by atoms with Crippen LogP contribution in [-0.4, -0.2) is 31.0 Å². The Morgan fingerprint density at radius 1 is 0.900 bits per heavy atom. The van der Waals surface area contributed by atoms with E-state index in [1.165, 1.54) is 12.2 Å². The summed E-state index contributed by atoms with van der Waals surface area (Å²) in [5.74, 6) is -0.632. The van der Waals surface area contributed by atoms with Gasteiger partial charge in [0.15, 0.2) is 6.61 Å². The van der Waals surface area contributed by atoms with E-state index >= 15 is 0 Å². The smallest absolute Gasteiger partial charge is 0.331 e. The summed E-state index contributed by atoms with van der Waals surface area (Å²) in [6, 6.07) is 13.4. The average molecular weight is 408 g/mol. The number of hydrogen-bond donors (Lipinski definition) is 2. The van der Waals surface area contributed by atoms with Gasteiger partial charge in [0.25, 0.3) is 11.8 Å². The van der Waals surface area contributed by atoms with E-state index in [4.69, 9.17) is 9.47 Å². The molecule has 2 aromatic carbocycles. The van der Waals surface area contributed by atoms with E-state index in [1.807, 2.05) is 13.8 Å². The lowest BCUT2D eigenvalue weighted by atomic mass is 10.2. The molecular weight excluding hydrogens is 384 g/mol. The first-order valence-electron chi connectivity index (χ1n) is 9.42. The van der Waals surface area contributed by atoms with Gasteiger partial charge in [0.05, 0.1) is 6.61 Å². The molecule has 0 aliphatic carbocycles. The largest absolute Gasteiger partial charge is 0.494 e. The van der Waals surface area contributed by atoms with Crippen LogP contribution in [0.25, 0.3) is 0 Å². The van der Waals surface area contributed by atoms with Crippen LogP contribution in [0.3, 0.4) is 0 Å². The number of allylic oxidation sites excluding steroid dienone is 3. The van der Waals surface area contributed by atoms with E-state index in [-0.39, 0.29) is 5.91 Å². The highest BCUT2D eigenvalue weighted by atomic mass is 16.5. The summed E-state index contributed by atoms with van der Waals surface area (Å²) in [5, 5.41) is 5.39. The Bertz CT molecular complexity index is 916. The highest BCUT2D eigenvalue weighted by Gasteiger charge is 2.09. The second-order valence-corrected chi connectivity index (χ2v) is 6.03. The van der Waals surface area contributed by atoms with Crippen molar-refractivity contribution in [3.05, 3.63) is 78.4 Å². The Kier molecular flexibility index (Phi) is 8.86. The highest BCUT2D eigenvalue weighted by molar-refractivity contribution is 6.04. The molecule has 2 aromatic rings. The number of amides is 2. The molecule has 156 valence electrons. The molecule has 0 saturated carbocycles. The van der Waals surface area contributed by atoms with Crippen LogP contribution in [0.5, 0.6) is 5.75 Å². The fourth-order valence-corrected chi connectivity index (χ4v) is 2.34. The van der Waals surface area contributed by atoms with Gasteiger partial charge in [-0.05, 0) is 62.4 Å². The van der Waals surface area contributed by atoms with Crippen LogP contribution >= 0.6 is 0 Å². The molecule has 0 bridgehead atoms. The summed E-state index contributed by atoms with van der Waals surface area (Å²) in [7, 11) is 0. The zero-order valence-corrected chi connectivity index (χ0v) is 16.9. The zero-order valence-electron chi connectivity index (χ0n) is 16.9. The third-order valence-electron chi connectivity index (χ3n) is 3.74. The Balaban J connectivity index is 1.84. The van der Waals surface area contributed by atoms with Gasteiger partial charge in [0, 0.05) is 23.0 Å². The lowest BCUT2D eigenvalue weighted by Gasteiger charge is -2.09. The maximum absolute atomic E-state index is 12.3. The third-order valence-corrected chi connectivity index (χ3v) is 3.74. The lowest BCUT2D eigenvalue weighted by Crippen LogP contribution is -2.20. The normalized spacial score (nSPS) is 10.7. The van der Waals surface area contributed by atoms with Crippen molar-refractivity contribution in [2.75, 3.05) is 23.8 Å². The molecule has 0 saturated heterocycles. The molecule has 0 radical (unpaired) electrons. The first-order chi connectivity index (χ1) is 14.5. The van der Waals surface area contributed by atoms with Crippen LogP contribution < -0.4 is 15.4 Å². The number of ether oxygens (including phenoxy) is 2. The third kappa shape index (κ3) is 7.63. The molecule has 2 N–H and O–H groups in total. The van der Waals surface area contributed by atoms with Crippen molar-refractivity contribution in [3.8, 4) is 5.75 Å². The van der Waals surface area contributed by atoms with Gasteiger partial charge in [-0.2, -0.15) is 0 Å². The number of carbonyl (C=O) groups excluding carboxylic acids is 3. The standard InChI is InChI=1S/C23H24N2O5/c1-3-5-6-7-22(27)30-16-21(26)24-18-10-8-17(9-11-18)23(28)25-19-12-14-20(15-13-19)29-4-2/h3,5-15H,4,16H2,1-2H3,(H,24,26)(H,25,28). The van der Waals surface area contributed by atoms with Gasteiger partial charge < -0.3 is 20.1 Å². The number of anilines is 2. The highest BCUT2D eigenvalue weighted by Crippen LogP contribution is 2.17. The first kappa shape index (κ1) is 22.4. The molecule has 0 aliphatic heterocycles. The van der Waals surface area contributed by atoms with Crippen molar-refractivity contribution in [3.63, 3.8) is 0 Å². The maximum atomic E-state index is 12.3. The van der Waals surface area contributed by atoms with E-state index in [0.717, 1.165) is 5.75 Å². The predicted molar refractivity (Wildman–Crippen MR) is 116 cm³/mol. The monoisotopic (exact) mass is 408 g/mol. The van der Waals surface area contributed by atoms with Gasteiger partial charge >= 0.3 is 5.97 Å². The maximum Gasteiger partial charge on any atom is 0.331 e. The molecule has 0 aromatic heterocycles. The zero-order chi connectivity index (χ0) is 21.8. The minimum Gasteiger partial charge on any atom is -0.494 e. The van der Waals surface area contributed by atoms with Gasteiger partial charge in [-0.3, -0.25) is 9.59 Å². The molecule has 2 amide bonds. The van der Waals surface area contributed by atoms with Gasteiger partial charge in [-0.15, -0.1) is 0 Å². The number of esters is 1. The molecule has 7 heteroatoms. The number of nitrogens with one attached hydrogen (secondary N) is 2. The molecule has 0 atom stereocenters.